The molecule has 0 N–H and O–H groups in total. The van der Waals surface area contributed by atoms with E-state index >= 15 is 0 Å². The van der Waals surface area contributed by atoms with Crippen LogP contribution in [0.25, 0.3) is 10.9 Å². The van der Waals surface area contributed by atoms with Crippen LogP contribution in [0.4, 0.5) is 11.5 Å². The molecule has 2 rings (SSSR count). The van der Waals surface area contributed by atoms with Crippen molar-refractivity contribution < 1.29 is 9.53 Å². The first-order valence-electron chi connectivity index (χ1n) is 10.2. The van der Waals surface area contributed by atoms with Gasteiger partial charge in [0.05, 0.1) is 12.1 Å². The van der Waals surface area contributed by atoms with Crippen molar-refractivity contribution in [2.45, 2.75) is 50.5 Å². The molecule has 0 radical (unpaired) electrons. The van der Waals surface area contributed by atoms with Crippen LogP contribution < -0.4 is 4.90 Å². The second kappa shape index (κ2) is 10.8. The number of anilines is 1. The number of rotatable bonds is 7. The van der Waals surface area contributed by atoms with Gasteiger partial charge in [0.25, 0.3) is 0 Å². The third-order valence-electron chi connectivity index (χ3n) is 4.40. The van der Waals surface area contributed by atoms with E-state index in [1.807, 2.05) is 71.0 Å². The van der Waals surface area contributed by atoms with Crippen LogP contribution in [-0.4, -0.2) is 30.6 Å². The van der Waals surface area contributed by atoms with E-state index in [2.05, 4.69) is 15.9 Å². The molecule has 1 heterocycles. The van der Waals surface area contributed by atoms with E-state index in [0.717, 1.165) is 16.7 Å². The summed E-state index contributed by atoms with van der Waals surface area (Å²) in [5, 5.41) is 10.4. The van der Waals surface area contributed by atoms with Gasteiger partial charge in [0.2, 0.25) is 5.69 Å². The van der Waals surface area contributed by atoms with Crippen LogP contribution in [0.3, 0.4) is 0 Å². The van der Waals surface area contributed by atoms with Gasteiger partial charge in [-0.05, 0) is 50.0 Å². The average Bonchev–Trinajstić information content (AvgIpc) is 2.74. The number of ether oxygens (including phenoxy) is 1. The number of thioether (sulfide) groups is 1. The number of esters is 1. The summed E-state index contributed by atoms with van der Waals surface area (Å²) in [5.41, 5.74) is 3.10. The third kappa shape index (κ3) is 6.60. The Kier molecular flexibility index (Phi) is 8.46. The van der Waals surface area contributed by atoms with Crippen molar-refractivity contribution in [3.8, 4) is 6.07 Å². The predicted molar refractivity (Wildman–Crippen MR) is 130 cm³/mol. The van der Waals surface area contributed by atoms with Crippen LogP contribution in [0.1, 0.15) is 49.9 Å². The van der Waals surface area contributed by atoms with E-state index in [1.54, 1.807) is 6.08 Å². The second-order valence-corrected chi connectivity index (χ2v) is 9.28. The quantitative estimate of drug-likeness (QED) is 0.231. The van der Waals surface area contributed by atoms with Gasteiger partial charge >= 0.3 is 5.97 Å². The lowest BCUT2D eigenvalue weighted by Crippen LogP contribution is -2.22. The fourth-order valence-corrected chi connectivity index (χ4v) is 3.92. The summed E-state index contributed by atoms with van der Waals surface area (Å²) in [5.74, 6) is 0.838. The number of carbonyl (C=O) groups is 1. The molecule has 32 heavy (non-hydrogen) atoms. The molecular weight excluding hydrogens is 420 g/mol. The smallest absolute Gasteiger partial charge is 0.331 e. The summed E-state index contributed by atoms with van der Waals surface area (Å²) in [6, 6.07) is 10.1. The SMILES string of the molecule is [C-]#[N+]c1c(N(C)C)nc(SCc2ccc(/C=C/C(=O)OC(C)(C)C)cc2)c(C#N)c1CC. The molecule has 0 saturated heterocycles. The predicted octanol–water partition coefficient (Wildman–Crippen LogP) is 5.78. The topological polar surface area (TPSA) is 70.6 Å². The first-order valence-corrected chi connectivity index (χ1v) is 11.2. The molecule has 7 heteroatoms. The van der Waals surface area contributed by atoms with Crippen molar-refractivity contribution in [3.63, 3.8) is 0 Å². The summed E-state index contributed by atoms with van der Waals surface area (Å²) in [6.45, 7) is 15.0. The lowest BCUT2D eigenvalue weighted by atomic mass is 10.1. The van der Waals surface area contributed by atoms with Crippen LogP contribution in [0, 0.1) is 17.9 Å². The van der Waals surface area contributed by atoms with Crippen LogP contribution in [0.5, 0.6) is 0 Å². The molecule has 0 spiro atoms. The van der Waals surface area contributed by atoms with Crippen molar-refractivity contribution in [2.24, 2.45) is 0 Å². The second-order valence-electron chi connectivity index (χ2n) is 8.31. The van der Waals surface area contributed by atoms with E-state index in [4.69, 9.17) is 11.3 Å². The number of benzene rings is 1. The Bertz CT molecular complexity index is 1090. The number of nitriles is 1. The van der Waals surface area contributed by atoms with Gasteiger partial charge in [0.15, 0.2) is 0 Å². The Balaban J connectivity index is 2.19. The summed E-state index contributed by atoms with van der Waals surface area (Å²) in [7, 11) is 3.70. The Morgan fingerprint density at radius 3 is 2.47 bits per heavy atom. The number of aromatic nitrogens is 1. The number of hydrogen-bond acceptors (Lipinski definition) is 6. The minimum atomic E-state index is -0.518. The fraction of sp³-hybridized carbons (Fsp3) is 0.360. The van der Waals surface area contributed by atoms with Gasteiger partial charge in [0, 0.05) is 25.9 Å². The molecule has 0 aliphatic carbocycles. The van der Waals surface area contributed by atoms with E-state index in [-0.39, 0.29) is 5.97 Å². The molecular formula is C25H28N4O2S. The molecule has 0 bridgehead atoms. The van der Waals surface area contributed by atoms with Gasteiger partial charge < -0.3 is 9.64 Å². The van der Waals surface area contributed by atoms with Crippen LogP contribution in [0.15, 0.2) is 35.4 Å². The molecule has 0 atom stereocenters. The van der Waals surface area contributed by atoms with Gasteiger partial charge in [-0.2, -0.15) is 5.26 Å². The average molecular weight is 449 g/mol. The zero-order valence-corrected chi connectivity index (χ0v) is 20.2. The lowest BCUT2D eigenvalue weighted by Gasteiger charge is -2.18. The molecule has 0 saturated carbocycles. The summed E-state index contributed by atoms with van der Waals surface area (Å²) in [4.78, 5) is 21.9. The van der Waals surface area contributed by atoms with Crippen molar-refractivity contribution in [3.05, 3.63) is 64.0 Å². The maximum Gasteiger partial charge on any atom is 0.331 e. The summed E-state index contributed by atoms with van der Waals surface area (Å²) < 4.78 is 5.27. The van der Waals surface area contributed by atoms with E-state index in [1.165, 1.54) is 17.8 Å². The van der Waals surface area contributed by atoms with Crippen molar-refractivity contribution in [1.82, 2.24) is 4.98 Å². The molecule has 2 aromatic rings. The van der Waals surface area contributed by atoms with Crippen molar-refractivity contribution in [2.75, 3.05) is 19.0 Å². The fourth-order valence-electron chi connectivity index (χ4n) is 2.96. The Hall–Kier alpha value is -3.29. The van der Waals surface area contributed by atoms with Gasteiger partial charge in [0.1, 0.15) is 22.5 Å². The zero-order chi connectivity index (χ0) is 23.9. The monoisotopic (exact) mass is 448 g/mol. The maximum atomic E-state index is 11.8. The highest BCUT2D eigenvalue weighted by Crippen LogP contribution is 2.38. The molecule has 0 unspecified atom stereocenters. The minimum Gasteiger partial charge on any atom is -0.457 e. The number of pyridine rings is 1. The standard InChI is InChI=1S/C25H28N4O2S/c1-8-19-20(15-26)24(28-23(29(6)7)22(19)27-5)32-16-18-11-9-17(10-12-18)13-14-21(30)31-25(2,3)4/h9-14H,8,16H2,1-4,6-7H3/b14-13+. The highest BCUT2D eigenvalue weighted by Gasteiger charge is 2.20. The van der Waals surface area contributed by atoms with Gasteiger partial charge in [-0.25, -0.2) is 14.6 Å². The van der Waals surface area contributed by atoms with E-state index < -0.39 is 5.60 Å². The Morgan fingerprint density at radius 1 is 1.31 bits per heavy atom. The van der Waals surface area contributed by atoms with Crippen LogP contribution in [-0.2, 0) is 21.7 Å². The van der Waals surface area contributed by atoms with Gasteiger partial charge in [-0.15, -0.1) is 11.8 Å². The first kappa shape index (κ1) is 25.0. The number of hydrogen-bond donors (Lipinski definition) is 0. The highest BCUT2D eigenvalue weighted by atomic mass is 32.2. The molecule has 1 aromatic carbocycles. The molecule has 0 amide bonds. The minimum absolute atomic E-state index is 0.376. The zero-order valence-electron chi connectivity index (χ0n) is 19.4. The molecule has 0 aliphatic heterocycles. The summed E-state index contributed by atoms with van der Waals surface area (Å²) in [6.07, 6.45) is 3.74. The largest absolute Gasteiger partial charge is 0.457 e. The van der Waals surface area contributed by atoms with Crippen LogP contribution in [0.2, 0.25) is 0 Å². The van der Waals surface area contributed by atoms with Crippen molar-refractivity contribution in [1.29, 1.82) is 5.26 Å². The van der Waals surface area contributed by atoms with E-state index in [9.17, 15) is 10.1 Å². The van der Waals surface area contributed by atoms with Gasteiger partial charge in [-0.1, -0.05) is 31.2 Å². The Morgan fingerprint density at radius 2 is 1.97 bits per heavy atom. The Labute approximate surface area is 194 Å². The molecule has 0 aliphatic rings. The van der Waals surface area contributed by atoms with Crippen LogP contribution >= 0.6 is 11.8 Å². The van der Waals surface area contributed by atoms with E-state index in [0.29, 0.717) is 34.3 Å². The third-order valence-corrected chi connectivity index (χ3v) is 5.44. The van der Waals surface area contributed by atoms with Gasteiger partial charge in [-0.3, -0.25) is 0 Å². The molecule has 6 nitrogen and oxygen atoms in total. The van der Waals surface area contributed by atoms with Crippen molar-refractivity contribution >= 4 is 35.3 Å². The molecule has 166 valence electrons. The summed E-state index contributed by atoms with van der Waals surface area (Å²) >= 11 is 1.48. The highest BCUT2D eigenvalue weighted by molar-refractivity contribution is 7.98. The maximum absolute atomic E-state index is 11.8. The molecule has 1 aromatic heterocycles. The molecule has 0 fully saturated rings. The number of carbonyl (C=O) groups excluding carboxylic acids is 1. The number of nitrogens with zero attached hydrogens (tertiary/aromatic N) is 4. The normalized spacial score (nSPS) is 11.1. The lowest BCUT2D eigenvalue weighted by molar-refractivity contribution is -0.148. The first-order chi connectivity index (χ1) is 15.1.